The molecule has 1 aromatic heterocycles. The van der Waals surface area contributed by atoms with Gasteiger partial charge in [-0.05, 0) is 54.8 Å². The summed E-state index contributed by atoms with van der Waals surface area (Å²) in [5.41, 5.74) is 2.69. The van der Waals surface area contributed by atoms with Crippen LogP contribution in [0.25, 0.3) is 0 Å². The van der Waals surface area contributed by atoms with E-state index in [-0.39, 0.29) is 4.90 Å². The molecule has 0 radical (unpaired) electrons. The molecule has 0 aliphatic carbocycles. The van der Waals surface area contributed by atoms with Gasteiger partial charge >= 0.3 is 0 Å². The van der Waals surface area contributed by atoms with Gasteiger partial charge in [0.15, 0.2) is 0 Å². The lowest BCUT2D eigenvalue weighted by molar-refractivity contribution is 0.600. The summed E-state index contributed by atoms with van der Waals surface area (Å²) in [7, 11) is -3.73. The van der Waals surface area contributed by atoms with Crippen molar-refractivity contribution in [3.8, 4) is 0 Å². The highest BCUT2D eigenvalue weighted by Crippen LogP contribution is 2.25. The van der Waals surface area contributed by atoms with E-state index in [0.29, 0.717) is 33.4 Å². The maximum absolute atomic E-state index is 12.7. The Bertz CT molecular complexity index is 1040. The van der Waals surface area contributed by atoms with Crippen molar-refractivity contribution >= 4 is 38.9 Å². The largest absolute Gasteiger partial charge is 0.276 e. The van der Waals surface area contributed by atoms with Gasteiger partial charge in [-0.3, -0.25) is 9.40 Å². The first-order valence-corrected chi connectivity index (χ1v) is 10.0. The Morgan fingerprint density at radius 3 is 2.46 bits per heavy atom. The summed E-state index contributed by atoms with van der Waals surface area (Å²) >= 11 is 11.9. The summed E-state index contributed by atoms with van der Waals surface area (Å²) in [4.78, 5) is 0.199. The van der Waals surface area contributed by atoms with Crippen LogP contribution in [-0.4, -0.2) is 18.2 Å². The fraction of sp³-hybridized carbons (Fsp3) is 0.167. The topological polar surface area (TPSA) is 64.0 Å². The van der Waals surface area contributed by atoms with Crippen LogP contribution in [0.1, 0.15) is 16.7 Å². The maximum atomic E-state index is 12.7. The molecule has 1 N–H and O–H groups in total. The average molecular weight is 410 g/mol. The standard InChI is InChI=1S/C18H17Cl2N3O2S/c1-12-8-18(13(2)7-17(12)20)26(24,25)22-16-9-21-23(11-16)10-14-3-5-15(19)6-4-14/h3-9,11,22H,10H2,1-2H3. The minimum Gasteiger partial charge on any atom is -0.276 e. The van der Waals surface area contributed by atoms with Crippen molar-refractivity contribution in [2.45, 2.75) is 25.3 Å². The van der Waals surface area contributed by atoms with Gasteiger partial charge in [0.2, 0.25) is 0 Å². The van der Waals surface area contributed by atoms with Crippen LogP contribution in [0.5, 0.6) is 0 Å². The van der Waals surface area contributed by atoms with Crippen LogP contribution in [-0.2, 0) is 16.6 Å². The molecule has 5 nitrogen and oxygen atoms in total. The molecular weight excluding hydrogens is 393 g/mol. The molecule has 2 aromatic carbocycles. The fourth-order valence-electron chi connectivity index (χ4n) is 2.53. The minimum atomic E-state index is -3.73. The Hall–Kier alpha value is -2.02. The van der Waals surface area contributed by atoms with E-state index in [2.05, 4.69) is 9.82 Å². The summed E-state index contributed by atoms with van der Waals surface area (Å²) < 4.78 is 29.6. The third kappa shape index (κ3) is 4.20. The molecule has 0 unspecified atom stereocenters. The van der Waals surface area contributed by atoms with Crippen molar-refractivity contribution < 1.29 is 8.42 Å². The third-order valence-electron chi connectivity index (χ3n) is 3.89. The normalized spacial score (nSPS) is 11.5. The minimum absolute atomic E-state index is 0.199. The second-order valence-corrected chi connectivity index (χ2v) is 8.52. The van der Waals surface area contributed by atoms with Crippen LogP contribution >= 0.6 is 23.2 Å². The lowest BCUT2D eigenvalue weighted by Crippen LogP contribution is -2.14. The number of nitrogens with zero attached hydrogens (tertiary/aromatic N) is 2. The summed E-state index contributed by atoms with van der Waals surface area (Å²) in [6, 6.07) is 10.6. The molecule has 8 heteroatoms. The highest BCUT2D eigenvalue weighted by molar-refractivity contribution is 7.92. The lowest BCUT2D eigenvalue weighted by Gasteiger charge is -2.10. The van der Waals surface area contributed by atoms with Crippen molar-refractivity contribution in [3.63, 3.8) is 0 Å². The van der Waals surface area contributed by atoms with Crippen molar-refractivity contribution in [1.29, 1.82) is 0 Å². The first-order valence-electron chi connectivity index (χ1n) is 7.81. The monoisotopic (exact) mass is 409 g/mol. The van der Waals surface area contributed by atoms with E-state index in [4.69, 9.17) is 23.2 Å². The van der Waals surface area contributed by atoms with Gasteiger partial charge in [-0.15, -0.1) is 0 Å². The molecule has 0 saturated carbocycles. The molecule has 0 spiro atoms. The molecule has 0 saturated heterocycles. The highest BCUT2D eigenvalue weighted by atomic mass is 35.5. The van der Waals surface area contributed by atoms with Crippen LogP contribution < -0.4 is 4.72 Å². The zero-order valence-corrected chi connectivity index (χ0v) is 16.5. The van der Waals surface area contributed by atoms with Crippen LogP contribution in [0.2, 0.25) is 10.0 Å². The first kappa shape index (κ1) is 18.8. The Morgan fingerprint density at radius 2 is 1.77 bits per heavy atom. The number of halogens is 2. The van der Waals surface area contributed by atoms with E-state index in [1.165, 1.54) is 6.20 Å². The number of anilines is 1. The lowest BCUT2D eigenvalue weighted by atomic mass is 10.2. The van der Waals surface area contributed by atoms with E-state index in [9.17, 15) is 8.42 Å². The smallest absolute Gasteiger partial charge is 0.262 e. The number of aromatic nitrogens is 2. The van der Waals surface area contributed by atoms with E-state index in [1.54, 1.807) is 49.0 Å². The van der Waals surface area contributed by atoms with Crippen molar-refractivity contribution in [2.24, 2.45) is 0 Å². The van der Waals surface area contributed by atoms with Gasteiger partial charge in [0, 0.05) is 16.2 Å². The Morgan fingerprint density at radius 1 is 1.08 bits per heavy atom. The number of benzene rings is 2. The molecule has 1 heterocycles. The van der Waals surface area contributed by atoms with Gasteiger partial charge in [0.05, 0.1) is 23.3 Å². The summed E-state index contributed by atoms with van der Waals surface area (Å²) in [6.07, 6.45) is 3.12. The molecule has 0 atom stereocenters. The molecular formula is C18H17Cl2N3O2S. The van der Waals surface area contributed by atoms with Gasteiger partial charge in [-0.1, -0.05) is 35.3 Å². The van der Waals surface area contributed by atoms with E-state index in [1.807, 2.05) is 12.1 Å². The summed E-state index contributed by atoms with van der Waals surface area (Å²) in [6.45, 7) is 3.99. The van der Waals surface area contributed by atoms with Crippen molar-refractivity contribution in [1.82, 2.24) is 9.78 Å². The van der Waals surface area contributed by atoms with Gasteiger partial charge in [-0.2, -0.15) is 5.10 Å². The number of hydrogen-bond acceptors (Lipinski definition) is 3. The maximum Gasteiger partial charge on any atom is 0.262 e. The van der Waals surface area contributed by atoms with Gasteiger partial charge < -0.3 is 0 Å². The molecule has 0 aliphatic heterocycles. The van der Waals surface area contributed by atoms with E-state index < -0.39 is 10.0 Å². The van der Waals surface area contributed by atoms with Gasteiger partial charge in [0.1, 0.15) is 0 Å². The van der Waals surface area contributed by atoms with Crippen LogP contribution in [0, 0.1) is 13.8 Å². The number of rotatable bonds is 5. The highest BCUT2D eigenvalue weighted by Gasteiger charge is 2.19. The molecule has 0 aliphatic rings. The third-order valence-corrected chi connectivity index (χ3v) is 6.07. The van der Waals surface area contributed by atoms with E-state index >= 15 is 0 Å². The molecule has 0 amide bonds. The van der Waals surface area contributed by atoms with Crippen LogP contribution in [0.4, 0.5) is 5.69 Å². The second-order valence-electron chi connectivity index (χ2n) is 6.03. The number of hydrogen-bond donors (Lipinski definition) is 1. The predicted octanol–water partition coefficient (Wildman–Crippen LogP) is 4.66. The van der Waals surface area contributed by atoms with Gasteiger partial charge in [-0.25, -0.2) is 8.42 Å². The molecule has 0 fully saturated rings. The Balaban J connectivity index is 1.80. The first-order chi connectivity index (χ1) is 12.2. The second kappa shape index (κ2) is 7.31. The molecule has 3 aromatic rings. The summed E-state index contributed by atoms with van der Waals surface area (Å²) in [5.74, 6) is 0. The summed E-state index contributed by atoms with van der Waals surface area (Å²) in [5, 5.41) is 5.40. The predicted molar refractivity (Wildman–Crippen MR) is 105 cm³/mol. The van der Waals surface area contributed by atoms with Crippen molar-refractivity contribution in [2.75, 3.05) is 4.72 Å². The SMILES string of the molecule is Cc1cc(S(=O)(=O)Nc2cnn(Cc3ccc(Cl)cc3)c2)c(C)cc1Cl. The van der Waals surface area contributed by atoms with Crippen LogP contribution in [0.3, 0.4) is 0 Å². The van der Waals surface area contributed by atoms with Gasteiger partial charge in [0.25, 0.3) is 10.0 Å². The van der Waals surface area contributed by atoms with Crippen LogP contribution in [0.15, 0.2) is 53.7 Å². The Labute approximate surface area is 162 Å². The average Bonchev–Trinajstić information content (AvgIpc) is 2.99. The zero-order chi connectivity index (χ0) is 18.9. The number of aryl methyl sites for hydroxylation is 2. The number of nitrogens with one attached hydrogen (secondary N) is 1. The van der Waals surface area contributed by atoms with E-state index in [0.717, 1.165) is 5.56 Å². The molecule has 0 bridgehead atoms. The fourth-order valence-corrected chi connectivity index (χ4v) is 4.22. The molecule has 26 heavy (non-hydrogen) atoms. The Kier molecular flexibility index (Phi) is 5.27. The van der Waals surface area contributed by atoms with Crippen molar-refractivity contribution in [3.05, 3.63) is 75.5 Å². The zero-order valence-electron chi connectivity index (χ0n) is 14.2. The molecule has 3 rings (SSSR count). The number of sulfonamides is 1. The quantitative estimate of drug-likeness (QED) is 0.666. The molecule has 136 valence electrons.